The molecule has 1 saturated heterocycles. The standard InChI is InChI=1S/C24H32N2O/c1-27-24-13-7-20(8-14-24)19-25-15-17-26(18-16-25)23-11-9-22(10-12-23)21-5-3-2-4-6-21/h2-8,13-14,22-23H,9-12,15-19H2,1H3. The van der Waals surface area contributed by atoms with E-state index >= 15 is 0 Å². The molecule has 0 amide bonds. The quantitative estimate of drug-likeness (QED) is 0.775. The molecule has 3 nitrogen and oxygen atoms in total. The predicted octanol–water partition coefficient (Wildman–Crippen LogP) is 4.54. The minimum atomic E-state index is 0.777. The van der Waals surface area contributed by atoms with Gasteiger partial charge in [0.25, 0.3) is 0 Å². The van der Waals surface area contributed by atoms with Crippen LogP contribution in [0.15, 0.2) is 54.6 Å². The third-order valence-corrected chi connectivity index (χ3v) is 6.46. The van der Waals surface area contributed by atoms with Crippen LogP contribution in [0.2, 0.25) is 0 Å². The van der Waals surface area contributed by atoms with E-state index in [9.17, 15) is 0 Å². The van der Waals surface area contributed by atoms with Crippen LogP contribution in [0, 0.1) is 0 Å². The fourth-order valence-electron chi connectivity index (χ4n) is 4.78. The number of hydrogen-bond donors (Lipinski definition) is 0. The third-order valence-electron chi connectivity index (χ3n) is 6.46. The van der Waals surface area contributed by atoms with Gasteiger partial charge >= 0.3 is 0 Å². The molecule has 1 saturated carbocycles. The topological polar surface area (TPSA) is 15.7 Å². The molecule has 0 radical (unpaired) electrons. The number of piperazine rings is 1. The van der Waals surface area contributed by atoms with Gasteiger partial charge in [-0.3, -0.25) is 9.80 Å². The molecule has 2 aromatic carbocycles. The largest absolute Gasteiger partial charge is 0.497 e. The smallest absolute Gasteiger partial charge is 0.118 e. The van der Waals surface area contributed by atoms with Crippen LogP contribution in [0.5, 0.6) is 5.75 Å². The zero-order valence-electron chi connectivity index (χ0n) is 16.5. The summed E-state index contributed by atoms with van der Waals surface area (Å²) in [5, 5.41) is 0. The van der Waals surface area contributed by atoms with Crippen molar-refractivity contribution in [3.8, 4) is 5.75 Å². The Balaban J connectivity index is 1.22. The highest BCUT2D eigenvalue weighted by molar-refractivity contribution is 5.27. The normalized spacial score (nSPS) is 24.6. The number of benzene rings is 2. The molecule has 4 rings (SSSR count). The van der Waals surface area contributed by atoms with Gasteiger partial charge in [0.1, 0.15) is 5.75 Å². The number of hydrogen-bond acceptors (Lipinski definition) is 3. The first-order chi connectivity index (χ1) is 13.3. The first-order valence-corrected chi connectivity index (χ1v) is 10.5. The Kier molecular flexibility index (Phi) is 6.10. The van der Waals surface area contributed by atoms with Gasteiger partial charge in [0.05, 0.1) is 7.11 Å². The Morgan fingerprint density at radius 1 is 0.815 bits per heavy atom. The summed E-state index contributed by atoms with van der Waals surface area (Å²) in [4.78, 5) is 5.35. The second-order valence-electron chi connectivity index (χ2n) is 8.08. The number of ether oxygens (including phenoxy) is 1. The average Bonchev–Trinajstić information content (AvgIpc) is 2.76. The van der Waals surface area contributed by atoms with Crippen LogP contribution in [0.3, 0.4) is 0 Å². The van der Waals surface area contributed by atoms with E-state index in [0.29, 0.717) is 0 Å². The van der Waals surface area contributed by atoms with Crippen molar-refractivity contribution >= 4 is 0 Å². The minimum absolute atomic E-state index is 0.777. The van der Waals surface area contributed by atoms with Crippen LogP contribution >= 0.6 is 0 Å². The number of nitrogens with zero attached hydrogens (tertiary/aromatic N) is 2. The Bertz CT molecular complexity index is 684. The highest BCUT2D eigenvalue weighted by Gasteiger charge is 2.28. The summed E-state index contributed by atoms with van der Waals surface area (Å²) in [7, 11) is 1.72. The summed E-state index contributed by atoms with van der Waals surface area (Å²) in [6, 6.07) is 20.4. The van der Waals surface area contributed by atoms with E-state index in [1.807, 2.05) is 0 Å². The maximum absolute atomic E-state index is 5.26. The molecule has 3 heteroatoms. The van der Waals surface area contributed by atoms with Gasteiger partial charge in [-0.25, -0.2) is 0 Å². The van der Waals surface area contributed by atoms with Gasteiger partial charge < -0.3 is 4.74 Å². The lowest BCUT2D eigenvalue weighted by Crippen LogP contribution is -2.50. The Morgan fingerprint density at radius 3 is 2.11 bits per heavy atom. The van der Waals surface area contributed by atoms with E-state index in [4.69, 9.17) is 4.74 Å². The molecule has 1 aliphatic heterocycles. The Hall–Kier alpha value is -1.84. The van der Waals surface area contributed by atoms with Crippen molar-refractivity contribution in [3.63, 3.8) is 0 Å². The van der Waals surface area contributed by atoms with Gasteiger partial charge in [-0.1, -0.05) is 42.5 Å². The maximum atomic E-state index is 5.26. The van der Waals surface area contributed by atoms with E-state index in [-0.39, 0.29) is 0 Å². The molecule has 27 heavy (non-hydrogen) atoms. The lowest BCUT2D eigenvalue weighted by Gasteiger charge is -2.42. The van der Waals surface area contributed by atoms with E-state index in [2.05, 4.69) is 64.4 Å². The Labute approximate surface area is 163 Å². The fraction of sp³-hybridized carbons (Fsp3) is 0.500. The number of rotatable bonds is 5. The molecule has 2 fully saturated rings. The Morgan fingerprint density at radius 2 is 1.48 bits per heavy atom. The van der Waals surface area contributed by atoms with E-state index in [1.54, 1.807) is 12.7 Å². The van der Waals surface area contributed by atoms with Crippen molar-refractivity contribution < 1.29 is 4.74 Å². The van der Waals surface area contributed by atoms with Crippen molar-refractivity contribution in [1.82, 2.24) is 9.80 Å². The molecule has 144 valence electrons. The highest BCUT2D eigenvalue weighted by atomic mass is 16.5. The van der Waals surface area contributed by atoms with Crippen LogP contribution in [0.1, 0.15) is 42.7 Å². The summed E-state index contributed by atoms with van der Waals surface area (Å²) in [5.74, 6) is 1.72. The van der Waals surface area contributed by atoms with Crippen LogP contribution in [0.4, 0.5) is 0 Å². The van der Waals surface area contributed by atoms with Crippen molar-refractivity contribution in [2.45, 2.75) is 44.2 Å². The third kappa shape index (κ3) is 4.72. The molecule has 0 unspecified atom stereocenters. The van der Waals surface area contributed by atoms with Crippen LogP contribution in [-0.4, -0.2) is 49.1 Å². The lowest BCUT2D eigenvalue weighted by molar-refractivity contribution is 0.0727. The maximum Gasteiger partial charge on any atom is 0.118 e. The lowest BCUT2D eigenvalue weighted by atomic mass is 9.81. The van der Waals surface area contributed by atoms with E-state index in [1.165, 1.54) is 57.4 Å². The van der Waals surface area contributed by atoms with E-state index in [0.717, 1.165) is 24.3 Å². The molecule has 0 atom stereocenters. The molecule has 2 aliphatic rings. The molecule has 2 aromatic rings. The molecule has 1 aliphatic carbocycles. The van der Waals surface area contributed by atoms with Gasteiger partial charge in [0.2, 0.25) is 0 Å². The first kappa shape index (κ1) is 18.5. The van der Waals surface area contributed by atoms with Crippen LogP contribution in [-0.2, 0) is 6.54 Å². The van der Waals surface area contributed by atoms with Gasteiger partial charge in [-0.2, -0.15) is 0 Å². The predicted molar refractivity (Wildman–Crippen MR) is 111 cm³/mol. The molecule has 1 heterocycles. The highest BCUT2D eigenvalue weighted by Crippen LogP contribution is 2.35. The second-order valence-corrected chi connectivity index (χ2v) is 8.08. The van der Waals surface area contributed by atoms with Gasteiger partial charge in [-0.05, 0) is 54.9 Å². The van der Waals surface area contributed by atoms with Crippen molar-refractivity contribution in [2.24, 2.45) is 0 Å². The summed E-state index contributed by atoms with van der Waals surface area (Å²) in [5.41, 5.74) is 2.92. The molecule has 0 bridgehead atoms. The van der Waals surface area contributed by atoms with Crippen molar-refractivity contribution in [1.29, 1.82) is 0 Å². The molecule has 0 aromatic heterocycles. The second kappa shape index (κ2) is 8.90. The molecule has 0 N–H and O–H groups in total. The fourth-order valence-corrected chi connectivity index (χ4v) is 4.78. The summed E-state index contributed by atoms with van der Waals surface area (Å²) in [6.07, 6.45) is 5.41. The van der Waals surface area contributed by atoms with Gasteiger partial charge in [0.15, 0.2) is 0 Å². The SMILES string of the molecule is COc1ccc(CN2CCN(C3CCC(c4ccccc4)CC3)CC2)cc1. The van der Waals surface area contributed by atoms with Gasteiger partial charge in [0, 0.05) is 38.8 Å². The monoisotopic (exact) mass is 364 g/mol. The number of methoxy groups -OCH3 is 1. The molecule has 0 spiro atoms. The first-order valence-electron chi connectivity index (χ1n) is 10.5. The summed E-state index contributed by atoms with van der Waals surface area (Å²) >= 11 is 0. The van der Waals surface area contributed by atoms with E-state index < -0.39 is 0 Å². The molecular formula is C24H32N2O. The molecular weight excluding hydrogens is 332 g/mol. The van der Waals surface area contributed by atoms with Crippen molar-refractivity contribution in [3.05, 3.63) is 65.7 Å². The van der Waals surface area contributed by atoms with Gasteiger partial charge in [-0.15, -0.1) is 0 Å². The van der Waals surface area contributed by atoms with Crippen molar-refractivity contribution in [2.75, 3.05) is 33.3 Å². The van der Waals surface area contributed by atoms with Crippen LogP contribution < -0.4 is 4.74 Å². The zero-order valence-corrected chi connectivity index (χ0v) is 16.5. The average molecular weight is 365 g/mol. The zero-order chi connectivity index (χ0) is 18.5. The summed E-state index contributed by atoms with van der Waals surface area (Å²) in [6.45, 7) is 5.86. The van der Waals surface area contributed by atoms with Crippen LogP contribution in [0.25, 0.3) is 0 Å². The minimum Gasteiger partial charge on any atom is -0.497 e. The summed E-state index contributed by atoms with van der Waals surface area (Å²) < 4.78 is 5.26.